The molecule has 0 spiro atoms. The molecule has 0 aromatic heterocycles. The van der Waals surface area contributed by atoms with Gasteiger partial charge in [0.2, 0.25) is 0 Å². The Hall–Kier alpha value is -4.07. The average Bonchev–Trinajstić information content (AvgIpc) is 2.98. The van der Waals surface area contributed by atoms with Gasteiger partial charge < -0.3 is 15.6 Å². The van der Waals surface area contributed by atoms with Crippen LogP contribution in [-0.4, -0.2) is 83.1 Å². The molecule has 41 heavy (non-hydrogen) atoms. The van der Waals surface area contributed by atoms with Crippen LogP contribution in [-0.2, 0) is 0 Å². The van der Waals surface area contributed by atoms with Crippen molar-refractivity contribution >= 4 is 23.6 Å². The molecule has 2 amide bonds. The van der Waals surface area contributed by atoms with Crippen LogP contribution in [0.2, 0.25) is 5.02 Å². The van der Waals surface area contributed by atoms with Gasteiger partial charge in [0.25, 0.3) is 0 Å². The SMILES string of the molecule is NC(=O)N(O)CCC#Cc1ccc(OCCN2CCN(C(c3ccccc3)c3ccc(Cl)cc3)CC2)c(C(=O)O)c1. The van der Waals surface area contributed by atoms with E-state index < -0.39 is 12.0 Å². The van der Waals surface area contributed by atoms with Gasteiger partial charge in [0.05, 0.1) is 12.6 Å². The monoisotopic (exact) mass is 576 g/mol. The molecule has 1 heterocycles. The lowest BCUT2D eigenvalue weighted by Gasteiger charge is -2.39. The largest absolute Gasteiger partial charge is 0.491 e. The fourth-order valence-electron chi connectivity index (χ4n) is 4.76. The van der Waals surface area contributed by atoms with Crippen molar-refractivity contribution in [2.24, 2.45) is 5.73 Å². The highest BCUT2D eigenvalue weighted by atomic mass is 35.5. The smallest absolute Gasteiger partial charge is 0.339 e. The van der Waals surface area contributed by atoms with E-state index in [4.69, 9.17) is 22.1 Å². The van der Waals surface area contributed by atoms with Crippen molar-refractivity contribution in [1.29, 1.82) is 0 Å². The summed E-state index contributed by atoms with van der Waals surface area (Å²) < 4.78 is 5.88. The summed E-state index contributed by atoms with van der Waals surface area (Å²) in [5.74, 6) is 4.79. The molecule has 0 bridgehead atoms. The Bertz CT molecular complexity index is 1380. The first-order valence-electron chi connectivity index (χ1n) is 13.3. The quantitative estimate of drug-likeness (QED) is 0.187. The molecular formula is C31H33ClN4O5. The second-order valence-corrected chi connectivity index (χ2v) is 10.1. The topological polar surface area (TPSA) is 120 Å². The van der Waals surface area contributed by atoms with Crippen molar-refractivity contribution in [2.75, 3.05) is 45.9 Å². The molecule has 3 aromatic rings. The molecular weight excluding hydrogens is 544 g/mol. The first kappa shape index (κ1) is 29.9. The van der Waals surface area contributed by atoms with E-state index in [0.717, 1.165) is 31.2 Å². The number of nitrogens with two attached hydrogens (primary N) is 1. The van der Waals surface area contributed by atoms with Crippen molar-refractivity contribution in [3.8, 4) is 17.6 Å². The number of carbonyl (C=O) groups is 2. The molecule has 1 atom stereocenters. The van der Waals surface area contributed by atoms with Crippen molar-refractivity contribution < 1.29 is 24.6 Å². The Kier molecular flexibility index (Phi) is 10.6. The number of nitrogens with zero attached hydrogens (tertiary/aromatic N) is 3. The van der Waals surface area contributed by atoms with E-state index >= 15 is 0 Å². The molecule has 1 fully saturated rings. The number of halogens is 1. The Labute approximate surface area is 244 Å². The lowest BCUT2D eigenvalue weighted by Crippen LogP contribution is -2.48. The van der Waals surface area contributed by atoms with Gasteiger partial charge in [0, 0.05) is 49.7 Å². The van der Waals surface area contributed by atoms with Gasteiger partial charge in [-0.1, -0.05) is 65.9 Å². The molecule has 1 saturated heterocycles. The third-order valence-electron chi connectivity index (χ3n) is 6.88. The molecule has 1 aliphatic heterocycles. The van der Waals surface area contributed by atoms with E-state index in [1.165, 1.54) is 17.2 Å². The number of ether oxygens (including phenoxy) is 1. The van der Waals surface area contributed by atoms with Gasteiger partial charge in [-0.2, -0.15) is 0 Å². The zero-order chi connectivity index (χ0) is 29.2. The molecule has 9 nitrogen and oxygen atoms in total. The Morgan fingerprint density at radius 2 is 1.68 bits per heavy atom. The number of rotatable bonds is 10. The molecule has 4 rings (SSSR count). The van der Waals surface area contributed by atoms with Crippen LogP contribution in [0.4, 0.5) is 4.79 Å². The summed E-state index contributed by atoms with van der Waals surface area (Å²) in [6.07, 6.45) is 0.180. The minimum Gasteiger partial charge on any atom is -0.491 e. The first-order chi connectivity index (χ1) is 19.8. The molecule has 0 saturated carbocycles. The Morgan fingerprint density at radius 1 is 1.00 bits per heavy atom. The van der Waals surface area contributed by atoms with Crippen LogP contribution in [0.5, 0.6) is 5.75 Å². The number of benzene rings is 3. The highest BCUT2D eigenvalue weighted by Gasteiger charge is 2.26. The van der Waals surface area contributed by atoms with Gasteiger partial charge in [-0.3, -0.25) is 15.0 Å². The number of hydrogen-bond acceptors (Lipinski definition) is 6. The molecule has 0 aliphatic carbocycles. The van der Waals surface area contributed by atoms with Crippen LogP contribution in [0.1, 0.15) is 39.5 Å². The predicted octanol–water partition coefficient (Wildman–Crippen LogP) is 4.34. The molecule has 4 N–H and O–H groups in total. The maximum Gasteiger partial charge on any atom is 0.339 e. The van der Waals surface area contributed by atoms with Crippen LogP contribution < -0.4 is 10.5 Å². The number of piperazine rings is 1. The van der Waals surface area contributed by atoms with Crippen molar-refractivity contribution in [3.63, 3.8) is 0 Å². The van der Waals surface area contributed by atoms with Crippen LogP contribution in [0.3, 0.4) is 0 Å². The summed E-state index contributed by atoms with van der Waals surface area (Å²) >= 11 is 6.15. The maximum absolute atomic E-state index is 11.8. The lowest BCUT2D eigenvalue weighted by molar-refractivity contribution is -0.0372. The van der Waals surface area contributed by atoms with E-state index in [1.54, 1.807) is 12.1 Å². The van der Waals surface area contributed by atoms with Crippen LogP contribution in [0.25, 0.3) is 0 Å². The maximum atomic E-state index is 11.8. The van der Waals surface area contributed by atoms with Crippen LogP contribution in [0, 0.1) is 11.8 Å². The standard InChI is InChI=1S/C31H33ClN4O5/c32-26-12-10-25(11-13-26)29(24-7-2-1-3-8-24)35-18-16-34(17-19-35)20-21-41-28-14-9-23(22-27(28)30(37)38)6-4-5-15-36(40)31(33)39/h1-3,7-14,22,29,40H,5,15-21H2,(H2,33,39)(H,37,38). The normalized spacial score (nSPS) is 14.5. The summed E-state index contributed by atoms with van der Waals surface area (Å²) in [7, 11) is 0. The van der Waals surface area contributed by atoms with E-state index in [1.807, 2.05) is 18.2 Å². The second kappa shape index (κ2) is 14.5. The molecule has 10 heteroatoms. The van der Waals surface area contributed by atoms with E-state index in [-0.39, 0.29) is 30.3 Å². The molecule has 1 aliphatic rings. The average molecular weight is 577 g/mol. The Morgan fingerprint density at radius 3 is 2.34 bits per heavy atom. The van der Waals surface area contributed by atoms with E-state index in [9.17, 15) is 19.9 Å². The summed E-state index contributed by atoms with van der Waals surface area (Å²) in [5, 5.41) is 20.1. The summed E-state index contributed by atoms with van der Waals surface area (Å²) in [6.45, 7) is 4.46. The molecule has 214 valence electrons. The van der Waals surface area contributed by atoms with Gasteiger partial charge in [0.15, 0.2) is 0 Å². The van der Waals surface area contributed by atoms with Crippen LogP contribution >= 0.6 is 11.6 Å². The van der Waals surface area contributed by atoms with Crippen LogP contribution in [0.15, 0.2) is 72.8 Å². The van der Waals surface area contributed by atoms with Gasteiger partial charge >= 0.3 is 12.0 Å². The summed E-state index contributed by atoms with van der Waals surface area (Å²) in [5.41, 5.74) is 7.91. The molecule has 3 aromatic carbocycles. The van der Waals surface area contributed by atoms with Gasteiger partial charge in [-0.25, -0.2) is 14.7 Å². The number of carbonyl (C=O) groups excluding carboxylic acids is 1. The van der Waals surface area contributed by atoms with Gasteiger partial charge in [-0.05, 0) is 41.5 Å². The van der Waals surface area contributed by atoms with Crippen molar-refractivity contribution in [1.82, 2.24) is 14.9 Å². The van der Waals surface area contributed by atoms with Gasteiger partial charge in [-0.15, -0.1) is 0 Å². The highest BCUT2D eigenvalue weighted by Crippen LogP contribution is 2.30. The lowest BCUT2D eigenvalue weighted by atomic mass is 9.96. The highest BCUT2D eigenvalue weighted by molar-refractivity contribution is 6.30. The predicted molar refractivity (Wildman–Crippen MR) is 156 cm³/mol. The van der Waals surface area contributed by atoms with Crippen molar-refractivity contribution in [3.05, 3.63) is 100 Å². The number of aromatic carboxylic acids is 1. The minimum atomic E-state index is -1.11. The number of hydrogen-bond donors (Lipinski definition) is 3. The minimum absolute atomic E-state index is 0.0243. The van der Waals surface area contributed by atoms with Gasteiger partial charge in [0.1, 0.15) is 17.9 Å². The third-order valence-corrected chi connectivity index (χ3v) is 7.14. The first-order valence-corrected chi connectivity index (χ1v) is 13.7. The van der Waals surface area contributed by atoms with Crippen molar-refractivity contribution in [2.45, 2.75) is 12.5 Å². The van der Waals surface area contributed by atoms with E-state index in [2.05, 4.69) is 58.0 Å². The summed E-state index contributed by atoms with van der Waals surface area (Å²) in [6, 6.07) is 22.4. The summed E-state index contributed by atoms with van der Waals surface area (Å²) in [4.78, 5) is 27.5. The third kappa shape index (κ3) is 8.46. The number of hydroxylamine groups is 2. The number of primary amides is 1. The second-order valence-electron chi connectivity index (χ2n) is 9.62. The number of carboxylic acid groups (broad SMARTS) is 1. The number of carboxylic acids is 1. The number of urea groups is 1. The van der Waals surface area contributed by atoms with E-state index in [0.29, 0.717) is 23.8 Å². The fraction of sp³-hybridized carbons (Fsp3) is 0.290. The molecule has 0 radical (unpaired) electrons. The zero-order valence-corrected chi connectivity index (χ0v) is 23.3. The Balaban J connectivity index is 1.31. The number of amides is 2. The fourth-order valence-corrected chi connectivity index (χ4v) is 4.89. The zero-order valence-electron chi connectivity index (χ0n) is 22.6. The molecule has 1 unspecified atom stereocenters.